The highest BCUT2D eigenvalue weighted by molar-refractivity contribution is 5.02. The van der Waals surface area contributed by atoms with Crippen molar-refractivity contribution in [1.29, 1.82) is 0 Å². The Balaban J connectivity index is 0.000000502. The molecule has 0 aromatic heterocycles. The molecule has 83 heavy (non-hydrogen) atoms. The minimum Gasteiger partial charge on any atom is -0.171 e. The van der Waals surface area contributed by atoms with E-state index in [0.29, 0.717) is 29.6 Å². The Bertz CT molecular complexity index is 1760. The van der Waals surface area contributed by atoms with E-state index in [9.17, 15) is 92.2 Å². The van der Waals surface area contributed by atoms with Gasteiger partial charge in [0, 0.05) is 0 Å². The average molecular weight is 1250 g/mol. The highest BCUT2D eigenvalue weighted by Gasteiger charge is 2.74. The second-order valence-electron chi connectivity index (χ2n) is 29.7. The summed E-state index contributed by atoms with van der Waals surface area (Å²) in [6.07, 6.45) is -24.5. The number of hydrogen-bond acceptors (Lipinski definition) is 0. The van der Waals surface area contributed by atoms with Crippen LogP contribution >= 0.6 is 0 Å². The number of rotatable bonds is 0. The summed E-state index contributed by atoms with van der Waals surface area (Å²) in [7, 11) is 0. The SMILES string of the molecule is CC(C)(C)C.CC1CCC(C(F)(F)F)(C(F)(F)F)CC1.CC1CCC2(CC1)CCC(C(F)(F)F)(C(F)(F)F)CC2.CC1CCCC(C(F)(F)F)[C@@H]1C.CCC(C)(C)C.C[C@@H]1CCCCC1(C(F)(F)F)C(F)(F)F.C[C@H]1CC2CCC1(C)CC2. The molecule has 5 atom stereocenters. The molecule has 0 N–H and O–H groups in total. The molecule has 0 saturated heterocycles. The third-order valence-electron chi connectivity index (χ3n) is 20.4. The van der Waals surface area contributed by atoms with Crippen LogP contribution in [0.25, 0.3) is 0 Å². The van der Waals surface area contributed by atoms with Crippen LogP contribution in [0.4, 0.5) is 92.2 Å². The molecule has 0 amide bonds. The maximum Gasteiger partial charge on any atom is 0.403 e. The quantitative estimate of drug-likeness (QED) is 0.212. The fourth-order valence-electron chi connectivity index (χ4n) is 13.0. The van der Waals surface area contributed by atoms with Crippen molar-refractivity contribution in [3.63, 3.8) is 0 Å². The molecule has 21 heteroatoms. The van der Waals surface area contributed by atoms with Gasteiger partial charge in [0.2, 0.25) is 0 Å². The van der Waals surface area contributed by atoms with Gasteiger partial charge in [-0.1, -0.05) is 149 Å². The van der Waals surface area contributed by atoms with E-state index in [2.05, 4.69) is 76.2 Å². The summed E-state index contributed by atoms with van der Waals surface area (Å²) in [6, 6.07) is 0. The van der Waals surface area contributed by atoms with Crippen molar-refractivity contribution in [2.75, 3.05) is 0 Å². The molecule has 0 nitrogen and oxygen atoms in total. The molecule has 0 aromatic carbocycles. The summed E-state index contributed by atoms with van der Waals surface area (Å²) in [5.74, 6) is 0.203. The van der Waals surface area contributed by atoms with Crippen molar-refractivity contribution in [2.45, 2.75) is 308 Å². The van der Waals surface area contributed by atoms with E-state index < -0.39 is 103 Å². The van der Waals surface area contributed by atoms with E-state index in [-0.39, 0.29) is 61.7 Å². The molecule has 8 saturated carbocycles. The van der Waals surface area contributed by atoms with Gasteiger partial charge >= 0.3 is 43.2 Å². The Labute approximate surface area is 483 Å². The van der Waals surface area contributed by atoms with Gasteiger partial charge in [-0.05, 0) is 179 Å². The first-order chi connectivity index (χ1) is 36.9. The predicted molar refractivity (Wildman–Crippen MR) is 288 cm³/mol. The lowest BCUT2D eigenvalue weighted by Crippen LogP contribution is -2.55. The molecule has 8 fully saturated rings. The summed E-state index contributed by atoms with van der Waals surface area (Å²) in [5.41, 5.74) is -8.92. The molecule has 0 aromatic rings. The summed E-state index contributed by atoms with van der Waals surface area (Å²) in [4.78, 5) is 0. The minimum atomic E-state index is -5.20. The number of halogens is 21. The smallest absolute Gasteiger partial charge is 0.171 e. The zero-order chi connectivity index (χ0) is 65.3. The molecular weight excluding hydrogens is 1140 g/mol. The predicted octanol–water partition coefficient (Wildman–Crippen LogP) is 25.8. The largest absolute Gasteiger partial charge is 0.403 e. The molecular formula is C62H103F21. The molecule has 2 bridgehead atoms. The van der Waals surface area contributed by atoms with Gasteiger partial charge in [-0.2, -0.15) is 92.2 Å². The zero-order valence-corrected chi connectivity index (χ0v) is 52.2. The maximum absolute atomic E-state index is 13.0. The van der Waals surface area contributed by atoms with E-state index in [4.69, 9.17) is 0 Å². The molecule has 0 radical (unpaired) electrons. The fourth-order valence-corrected chi connectivity index (χ4v) is 13.0. The third-order valence-corrected chi connectivity index (χ3v) is 20.4. The van der Waals surface area contributed by atoms with Crippen molar-refractivity contribution < 1.29 is 92.2 Å². The van der Waals surface area contributed by atoms with Crippen LogP contribution in [-0.2, 0) is 0 Å². The van der Waals surface area contributed by atoms with E-state index in [1.165, 1.54) is 38.5 Å². The lowest BCUT2D eigenvalue weighted by Gasteiger charge is -2.49. The van der Waals surface area contributed by atoms with Gasteiger partial charge in [-0.25, -0.2) is 0 Å². The van der Waals surface area contributed by atoms with E-state index in [1.807, 2.05) is 6.92 Å². The number of alkyl halides is 21. The van der Waals surface area contributed by atoms with E-state index >= 15 is 0 Å². The Morgan fingerprint density at radius 1 is 0.373 bits per heavy atom. The van der Waals surface area contributed by atoms with Gasteiger partial charge in [0.1, 0.15) is 0 Å². The molecule has 0 heterocycles. The van der Waals surface area contributed by atoms with Crippen molar-refractivity contribution in [3.05, 3.63) is 0 Å². The second kappa shape index (κ2) is 29.4. The topological polar surface area (TPSA) is 0 Å². The highest BCUT2D eigenvalue weighted by Crippen LogP contribution is 2.65. The molecule has 8 aliphatic rings. The zero-order valence-electron chi connectivity index (χ0n) is 52.2. The molecule has 8 rings (SSSR count). The standard InChI is InChI=1S/C14H20F6.C10H18.2C9H12F6.C9H15F3.C6H14.C5H12/c1-10-2-4-11(5-3-10)6-8-12(9-7-11,13(15,16)17)14(18,19)20;1-8-7-9-3-5-10(8,2)6-4-9;1-6-2-4-7(5-3-6,8(10,11)12)9(13,14)15;1-6-4-2-3-5-7(6,8(10,11)12)9(13,14)15;1-6-4-3-5-8(7(6)2)9(10,11)12;1-5-6(2,3)4;1-5(2,3)4/h10H,2-9H2,1H3;8-9H,3-7H2,1-2H3;2*6H,2-5H2,1H3;6-8H,3-5H2,1-2H3;5H2,1-4H3;1-4H3/t;8-,9?,10?;;6-;6?,7-,8?;;/m.0.11../s1. The number of hydrogen-bond donors (Lipinski definition) is 0. The molecule has 1 spiro atoms. The lowest BCUT2D eigenvalue weighted by atomic mass is 9.57. The van der Waals surface area contributed by atoms with Gasteiger partial charge in [-0.3, -0.25) is 0 Å². The Hall–Kier alpha value is -1.47. The van der Waals surface area contributed by atoms with Gasteiger partial charge in [0.15, 0.2) is 16.2 Å². The van der Waals surface area contributed by atoms with Crippen LogP contribution in [0.1, 0.15) is 264 Å². The summed E-state index contributed by atoms with van der Waals surface area (Å²) in [5, 5.41) is 0. The van der Waals surface area contributed by atoms with Crippen LogP contribution in [-0.4, -0.2) is 43.2 Å². The van der Waals surface area contributed by atoms with Crippen LogP contribution in [0.15, 0.2) is 0 Å². The molecule has 0 aliphatic heterocycles. The van der Waals surface area contributed by atoms with Crippen LogP contribution < -0.4 is 0 Å². The normalized spacial score (nSPS) is 29.6. The average Bonchev–Trinajstić information content (AvgIpc) is 3.52. The van der Waals surface area contributed by atoms with Crippen molar-refractivity contribution >= 4 is 0 Å². The van der Waals surface area contributed by atoms with Gasteiger partial charge < -0.3 is 0 Å². The highest BCUT2D eigenvalue weighted by atomic mass is 19.4. The maximum atomic E-state index is 13.0. The molecule has 8 aliphatic carbocycles. The first kappa shape index (κ1) is 79.5. The van der Waals surface area contributed by atoms with Crippen LogP contribution in [0.5, 0.6) is 0 Å². The number of fused-ring (bicyclic) bond motifs is 3. The lowest BCUT2D eigenvalue weighted by molar-refractivity contribution is -0.364. The minimum absolute atomic E-state index is 0.0106. The first-order valence-electron chi connectivity index (χ1n) is 30.4. The summed E-state index contributed by atoms with van der Waals surface area (Å²) in [6.45, 7) is 31.1. The van der Waals surface area contributed by atoms with E-state index in [0.717, 1.165) is 62.7 Å². The van der Waals surface area contributed by atoms with Gasteiger partial charge in [-0.15, -0.1) is 0 Å². The van der Waals surface area contributed by atoms with E-state index in [1.54, 1.807) is 13.8 Å². The van der Waals surface area contributed by atoms with Gasteiger partial charge in [0.05, 0.1) is 5.92 Å². The van der Waals surface area contributed by atoms with Crippen molar-refractivity contribution in [2.24, 2.45) is 85.2 Å². The monoisotopic (exact) mass is 1250 g/mol. The Kier molecular flexibility index (Phi) is 28.2. The van der Waals surface area contributed by atoms with Crippen molar-refractivity contribution in [3.8, 4) is 0 Å². The molecule has 2 unspecified atom stereocenters. The van der Waals surface area contributed by atoms with Crippen LogP contribution in [0, 0.1) is 85.2 Å². The fraction of sp³-hybridized carbons (Fsp3) is 1.00. The van der Waals surface area contributed by atoms with Crippen molar-refractivity contribution in [1.82, 2.24) is 0 Å². The summed E-state index contributed by atoms with van der Waals surface area (Å²) >= 11 is 0. The first-order valence-corrected chi connectivity index (χ1v) is 30.4. The van der Waals surface area contributed by atoms with Crippen LogP contribution in [0.3, 0.4) is 0 Å². The third kappa shape index (κ3) is 22.2. The molecule has 498 valence electrons. The Morgan fingerprint density at radius 2 is 0.735 bits per heavy atom. The van der Waals surface area contributed by atoms with Crippen LogP contribution in [0.2, 0.25) is 0 Å². The van der Waals surface area contributed by atoms with Gasteiger partial charge in [0.25, 0.3) is 0 Å². The Morgan fingerprint density at radius 3 is 1.00 bits per heavy atom. The summed E-state index contributed by atoms with van der Waals surface area (Å²) < 4.78 is 266. The second-order valence-corrected chi connectivity index (χ2v) is 29.7.